The molecule has 2 fully saturated rings. The van der Waals surface area contributed by atoms with Crippen LogP contribution in [0.5, 0.6) is 0 Å². The fraction of sp³-hybridized carbons (Fsp3) is 0.750. The quantitative estimate of drug-likeness (QED) is 0.920. The maximum absolute atomic E-state index is 12.4. The zero-order valence-electron chi connectivity index (χ0n) is 12.9. The first-order valence-electron chi connectivity index (χ1n) is 8.16. The van der Waals surface area contributed by atoms with Gasteiger partial charge in [-0.2, -0.15) is 5.10 Å². The van der Waals surface area contributed by atoms with Gasteiger partial charge in [0.15, 0.2) is 0 Å². The first-order valence-corrected chi connectivity index (χ1v) is 8.16. The van der Waals surface area contributed by atoms with Crippen molar-refractivity contribution in [3.63, 3.8) is 0 Å². The van der Waals surface area contributed by atoms with Gasteiger partial charge in [0.05, 0.1) is 0 Å². The van der Waals surface area contributed by atoms with Crippen LogP contribution >= 0.6 is 0 Å². The van der Waals surface area contributed by atoms with Crippen LogP contribution in [0.3, 0.4) is 0 Å². The number of rotatable bonds is 3. The van der Waals surface area contributed by atoms with Crippen LogP contribution in [0.4, 0.5) is 0 Å². The standard InChI is InChI=1S/C16H26N4O/c1-19-15(5-8-18-19)12-6-9-20(10-7-12)16(21)11-13-3-2-4-14(13)17/h5,8,12-14H,2-4,6-7,9-11,17H2,1H3/t13-,14+/m0/s1. The molecule has 0 radical (unpaired) electrons. The highest BCUT2D eigenvalue weighted by molar-refractivity contribution is 5.76. The summed E-state index contributed by atoms with van der Waals surface area (Å²) >= 11 is 0. The van der Waals surface area contributed by atoms with Gasteiger partial charge >= 0.3 is 0 Å². The van der Waals surface area contributed by atoms with E-state index in [1.54, 1.807) is 0 Å². The molecule has 0 unspecified atom stereocenters. The molecule has 1 saturated carbocycles. The molecule has 5 heteroatoms. The minimum atomic E-state index is 0.237. The lowest BCUT2D eigenvalue weighted by atomic mass is 9.92. The first-order chi connectivity index (χ1) is 10.1. The Bertz CT molecular complexity index is 490. The minimum Gasteiger partial charge on any atom is -0.343 e. The monoisotopic (exact) mass is 290 g/mol. The molecule has 2 heterocycles. The molecule has 1 aromatic rings. The largest absolute Gasteiger partial charge is 0.343 e. The second kappa shape index (κ2) is 6.18. The average molecular weight is 290 g/mol. The van der Waals surface area contributed by atoms with Crippen molar-refractivity contribution < 1.29 is 4.79 Å². The number of hydrogen-bond acceptors (Lipinski definition) is 3. The van der Waals surface area contributed by atoms with Gasteiger partial charge in [-0.05, 0) is 37.7 Å². The zero-order chi connectivity index (χ0) is 14.8. The summed E-state index contributed by atoms with van der Waals surface area (Å²) in [5.41, 5.74) is 7.37. The van der Waals surface area contributed by atoms with Gasteiger partial charge in [0.1, 0.15) is 0 Å². The molecule has 1 aliphatic carbocycles. The lowest BCUT2D eigenvalue weighted by Crippen LogP contribution is -2.40. The van der Waals surface area contributed by atoms with E-state index in [1.165, 1.54) is 12.1 Å². The molecular weight excluding hydrogens is 264 g/mol. The fourth-order valence-electron chi connectivity index (χ4n) is 3.88. The summed E-state index contributed by atoms with van der Waals surface area (Å²) in [5, 5.41) is 4.24. The fourth-order valence-corrected chi connectivity index (χ4v) is 3.88. The molecule has 1 saturated heterocycles. The van der Waals surface area contributed by atoms with Crippen molar-refractivity contribution in [2.24, 2.45) is 18.7 Å². The Morgan fingerprint density at radius 2 is 2.10 bits per heavy atom. The van der Waals surface area contributed by atoms with Crippen molar-refractivity contribution in [3.8, 4) is 0 Å². The van der Waals surface area contributed by atoms with E-state index in [0.29, 0.717) is 24.2 Å². The number of carbonyl (C=O) groups is 1. The molecule has 0 spiro atoms. The van der Waals surface area contributed by atoms with Crippen molar-refractivity contribution in [1.82, 2.24) is 14.7 Å². The number of aryl methyl sites for hydroxylation is 1. The highest BCUT2D eigenvalue weighted by Crippen LogP contribution is 2.30. The smallest absolute Gasteiger partial charge is 0.222 e. The van der Waals surface area contributed by atoms with Crippen LogP contribution in [-0.4, -0.2) is 39.7 Å². The maximum atomic E-state index is 12.4. The Kier molecular flexibility index (Phi) is 4.29. The lowest BCUT2D eigenvalue weighted by molar-refractivity contribution is -0.133. The molecule has 2 aliphatic rings. The highest BCUT2D eigenvalue weighted by atomic mass is 16.2. The number of nitrogens with zero attached hydrogens (tertiary/aromatic N) is 3. The Morgan fingerprint density at radius 1 is 1.33 bits per heavy atom. The van der Waals surface area contributed by atoms with Crippen LogP contribution in [0.15, 0.2) is 12.3 Å². The van der Waals surface area contributed by atoms with E-state index in [2.05, 4.69) is 11.2 Å². The van der Waals surface area contributed by atoms with Gasteiger partial charge < -0.3 is 10.6 Å². The van der Waals surface area contributed by atoms with Crippen LogP contribution in [0.1, 0.15) is 50.1 Å². The SMILES string of the molecule is Cn1nccc1C1CCN(C(=O)C[C@@H]2CCC[C@H]2N)CC1. The van der Waals surface area contributed by atoms with Gasteiger partial charge in [-0.25, -0.2) is 0 Å². The maximum Gasteiger partial charge on any atom is 0.222 e. The number of hydrogen-bond donors (Lipinski definition) is 1. The number of amides is 1. The molecule has 3 rings (SSSR count). The summed E-state index contributed by atoms with van der Waals surface area (Å²) < 4.78 is 1.96. The van der Waals surface area contributed by atoms with Crippen molar-refractivity contribution >= 4 is 5.91 Å². The summed E-state index contributed by atoms with van der Waals surface area (Å²) in [6, 6.07) is 2.33. The predicted octanol–water partition coefficient (Wildman–Crippen LogP) is 1.64. The molecular formula is C16H26N4O. The second-order valence-electron chi connectivity index (χ2n) is 6.59. The minimum absolute atomic E-state index is 0.237. The second-order valence-corrected chi connectivity index (χ2v) is 6.59. The Balaban J connectivity index is 1.51. The summed E-state index contributed by atoms with van der Waals surface area (Å²) in [4.78, 5) is 14.5. The van der Waals surface area contributed by atoms with Crippen LogP contribution in [0, 0.1) is 5.92 Å². The third kappa shape index (κ3) is 3.12. The number of piperidine rings is 1. The van der Waals surface area contributed by atoms with Crippen LogP contribution in [0.2, 0.25) is 0 Å². The Morgan fingerprint density at radius 3 is 2.67 bits per heavy atom. The van der Waals surface area contributed by atoms with Crippen LogP contribution < -0.4 is 5.73 Å². The molecule has 1 aliphatic heterocycles. The van der Waals surface area contributed by atoms with Crippen molar-refractivity contribution in [2.45, 2.75) is 50.5 Å². The predicted molar refractivity (Wildman–Crippen MR) is 81.7 cm³/mol. The average Bonchev–Trinajstić information content (AvgIpc) is 3.08. The molecule has 21 heavy (non-hydrogen) atoms. The van der Waals surface area contributed by atoms with E-state index in [0.717, 1.165) is 38.8 Å². The van der Waals surface area contributed by atoms with Crippen LogP contribution in [-0.2, 0) is 11.8 Å². The van der Waals surface area contributed by atoms with Crippen molar-refractivity contribution in [2.75, 3.05) is 13.1 Å². The third-order valence-corrected chi connectivity index (χ3v) is 5.28. The summed E-state index contributed by atoms with van der Waals surface area (Å²) in [5.74, 6) is 1.25. The lowest BCUT2D eigenvalue weighted by Gasteiger charge is -2.33. The van der Waals surface area contributed by atoms with E-state index >= 15 is 0 Å². The van der Waals surface area contributed by atoms with E-state index in [9.17, 15) is 4.79 Å². The van der Waals surface area contributed by atoms with Gasteiger partial charge in [-0.1, -0.05) is 6.42 Å². The van der Waals surface area contributed by atoms with Gasteiger partial charge in [-0.15, -0.1) is 0 Å². The van der Waals surface area contributed by atoms with E-state index in [4.69, 9.17) is 5.73 Å². The number of likely N-dealkylation sites (tertiary alicyclic amines) is 1. The van der Waals surface area contributed by atoms with Crippen molar-refractivity contribution in [3.05, 3.63) is 18.0 Å². The van der Waals surface area contributed by atoms with Gasteiger partial charge in [0.2, 0.25) is 5.91 Å². The molecule has 2 N–H and O–H groups in total. The molecule has 2 atom stereocenters. The summed E-state index contributed by atoms with van der Waals surface area (Å²) in [7, 11) is 1.99. The Labute approximate surface area is 126 Å². The van der Waals surface area contributed by atoms with E-state index in [-0.39, 0.29) is 6.04 Å². The molecule has 0 aromatic carbocycles. The normalized spacial score (nSPS) is 27.2. The topological polar surface area (TPSA) is 64.2 Å². The number of nitrogens with two attached hydrogens (primary N) is 1. The summed E-state index contributed by atoms with van der Waals surface area (Å²) in [6.07, 6.45) is 7.98. The molecule has 1 amide bonds. The van der Waals surface area contributed by atoms with Gasteiger partial charge in [0, 0.05) is 50.4 Å². The first kappa shape index (κ1) is 14.6. The van der Waals surface area contributed by atoms with E-state index < -0.39 is 0 Å². The molecule has 0 bridgehead atoms. The molecule has 1 aromatic heterocycles. The summed E-state index contributed by atoms with van der Waals surface area (Å²) in [6.45, 7) is 1.74. The van der Waals surface area contributed by atoms with E-state index in [1.807, 2.05) is 22.8 Å². The zero-order valence-corrected chi connectivity index (χ0v) is 12.9. The number of carbonyl (C=O) groups excluding carboxylic acids is 1. The number of aromatic nitrogens is 2. The van der Waals surface area contributed by atoms with Crippen LogP contribution in [0.25, 0.3) is 0 Å². The molecule has 116 valence electrons. The highest BCUT2D eigenvalue weighted by Gasteiger charge is 2.30. The van der Waals surface area contributed by atoms with Gasteiger partial charge in [-0.3, -0.25) is 9.48 Å². The Hall–Kier alpha value is -1.36. The third-order valence-electron chi connectivity index (χ3n) is 5.28. The van der Waals surface area contributed by atoms with Crippen molar-refractivity contribution in [1.29, 1.82) is 0 Å². The molecule has 5 nitrogen and oxygen atoms in total. The van der Waals surface area contributed by atoms with Gasteiger partial charge in [0.25, 0.3) is 0 Å².